The van der Waals surface area contributed by atoms with Gasteiger partial charge in [-0.25, -0.2) is 4.39 Å². The van der Waals surface area contributed by atoms with Crippen molar-refractivity contribution in [3.8, 4) is 17.2 Å². The van der Waals surface area contributed by atoms with E-state index in [1.165, 1.54) is 12.1 Å². The molecule has 31 heavy (non-hydrogen) atoms. The predicted molar refractivity (Wildman–Crippen MR) is 118 cm³/mol. The standard InChI is InChI=1S/C24H31FN2O4/c1-29-23-10-9-21(18-24(23)30-2)31-17-16-27-14-12-26(13-15-27)11-3-4-22(28)19-5-7-20(25)8-6-19/h5-10,18H,3-4,11-17H2,1-2H3. The quantitative estimate of drug-likeness (QED) is 0.509. The topological polar surface area (TPSA) is 51.2 Å². The fourth-order valence-electron chi connectivity index (χ4n) is 3.68. The zero-order chi connectivity index (χ0) is 22.1. The molecule has 0 radical (unpaired) electrons. The highest BCUT2D eigenvalue weighted by Gasteiger charge is 2.17. The van der Waals surface area contributed by atoms with Crippen molar-refractivity contribution in [2.75, 3.05) is 60.1 Å². The van der Waals surface area contributed by atoms with Crippen molar-refractivity contribution >= 4 is 5.78 Å². The van der Waals surface area contributed by atoms with E-state index < -0.39 is 0 Å². The highest BCUT2D eigenvalue weighted by Crippen LogP contribution is 2.30. The summed E-state index contributed by atoms with van der Waals surface area (Å²) < 4.78 is 29.4. The second-order valence-corrected chi connectivity index (χ2v) is 7.58. The molecule has 0 bridgehead atoms. The molecule has 0 unspecified atom stereocenters. The number of ether oxygens (including phenoxy) is 3. The number of piperazine rings is 1. The average Bonchev–Trinajstić information content (AvgIpc) is 2.80. The minimum Gasteiger partial charge on any atom is -0.493 e. The van der Waals surface area contributed by atoms with Gasteiger partial charge in [-0.3, -0.25) is 9.69 Å². The average molecular weight is 431 g/mol. The van der Waals surface area contributed by atoms with Crippen LogP contribution in [0, 0.1) is 5.82 Å². The van der Waals surface area contributed by atoms with E-state index in [1.54, 1.807) is 26.4 Å². The van der Waals surface area contributed by atoms with E-state index >= 15 is 0 Å². The Morgan fingerprint density at radius 3 is 2.19 bits per heavy atom. The molecule has 6 nitrogen and oxygen atoms in total. The number of nitrogens with zero attached hydrogens (tertiary/aromatic N) is 2. The van der Waals surface area contributed by atoms with Crippen molar-refractivity contribution in [2.24, 2.45) is 0 Å². The van der Waals surface area contributed by atoms with Gasteiger partial charge in [-0.05, 0) is 49.4 Å². The van der Waals surface area contributed by atoms with Crippen LogP contribution in [0.15, 0.2) is 42.5 Å². The van der Waals surface area contributed by atoms with Crippen LogP contribution in [0.25, 0.3) is 0 Å². The van der Waals surface area contributed by atoms with Crippen molar-refractivity contribution in [1.82, 2.24) is 9.80 Å². The molecule has 168 valence electrons. The van der Waals surface area contributed by atoms with Crippen molar-refractivity contribution in [3.05, 3.63) is 53.8 Å². The fourth-order valence-corrected chi connectivity index (χ4v) is 3.68. The first-order chi connectivity index (χ1) is 15.1. The Kier molecular flexibility index (Phi) is 8.67. The molecule has 1 aliphatic heterocycles. The molecule has 1 saturated heterocycles. The number of carbonyl (C=O) groups excluding carboxylic acids is 1. The van der Waals surface area contributed by atoms with Gasteiger partial charge in [0, 0.05) is 50.8 Å². The molecule has 7 heteroatoms. The van der Waals surface area contributed by atoms with Crippen LogP contribution in [0.5, 0.6) is 17.2 Å². The van der Waals surface area contributed by atoms with Crippen molar-refractivity contribution < 1.29 is 23.4 Å². The van der Waals surface area contributed by atoms with Gasteiger partial charge in [-0.15, -0.1) is 0 Å². The van der Waals surface area contributed by atoms with Gasteiger partial charge < -0.3 is 19.1 Å². The Morgan fingerprint density at radius 2 is 1.55 bits per heavy atom. The highest BCUT2D eigenvalue weighted by atomic mass is 19.1. The first kappa shape index (κ1) is 23.0. The lowest BCUT2D eigenvalue weighted by atomic mass is 10.1. The van der Waals surface area contributed by atoms with Gasteiger partial charge in [0.2, 0.25) is 0 Å². The second kappa shape index (κ2) is 11.7. The van der Waals surface area contributed by atoms with Crippen molar-refractivity contribution in [1.29, 1.82) is 0 Å². The van der Waals surface area contributed by atoms with E-state index in [2.05, 4.69) is 9.80 Å². The van der Waals surface area contributed by atoms with Gasteiger partial charge in [-0.2, -0.15) is 0 Å². The summed E-state index contributed by atoms with van der Waals surface area (Å²) in [6, 6.07) is 11.3. The van der Waals surface area contributed by atoms with Crippen LogP contribution in [-0.4, -0.2) is 75.7 Å². The van der Waals surface area contributed by atoms with Gasteiger partial charge in [0.1, 0.15) is 18.2 Å². The summed E-state index contributed by atoms with van der Waals surface area (Å²) in [7, 11) is 3.22. The van der Waals surface area contributed by atoms with Crippen molar-refractivity contribution in [3.63, 3.8) is 0 Å². The predicted octanol–water partition coefficient (Wildman–Crippen LogP) is 3.50. The SMILES string of the molecule is COc1ccc(OCCN2CCN(CCCC(=O)c3ccc(F)cc3)CC2)cc1OC. The van der Waals surface area contributed by atoms with Crippen molar-refractivity contribution in [2.45, 2.75) is 12.8 Å². The molecule has 1 heterocycles. The molecular formula is C24H31FN2O4. The van der Waals surface area contributed by atoms with Crippen LogP contribution in [0.1, 0.15) is 23.2 Å². The van der Waals surface area contributed by atoms with E-state index in [4.69, 9.17) is 14.2 Å². The van der Waals surface area contributed by atoms with E-state index in [-0.39, 0.29) is 11.6 Å². The maximum atomic E-state index is 13.0. The molecular weight excluding hydrogens is 399 g/mol. The molecule has 3 rings (SSSR count). The van der Waals surface area contributed by atoms with Gasteiger partial charge in [0.15, 0.2) is 17.3 Å². The Labute approximate surface area is 183 Å². The second-order valence-electron chi connectivity index (χ2n) is 7.58. The molecule has 2 aromatic carbocycles. The summed E-state index contributed by atoms with van der Waals surface area (Å²) in [5.41, 5.74) is 0.584. The van der Waals surface area contributed by atoms with Crippen LogP contribution in [0.3, 0.4) is 0 Å². The summed E-state index contributed by atoms with van der Waals surface area (Å²) >= 11 is 0. The largest absolute Gasteiger partial charge is 0.493 e. The number of halogens is 1. The molecule has 1 aliphatic rings. The van der Waals surface area contributed by atoms with Gasteiger partial charge >= 0.3 is 0 Å². The van der Waals surface area contributed by atoms with Gasteiger partial charge in [0.05, 0.1) is 14.2 Å². The molecule has 0 N–H and O–H groups in total. The molecule has 0 spiro atoms. The monoisotopic (exact) mass is 430 g/mol. The van der Waals surface area contributed by atoms with Gasteiger partial charge in [-0.1, -0.05) is 0 Å². The number of methoxy groups -OCH3 is 2. The Balaban J connectivity index is 1.31. The van der Waals surface area contributed by atoms with E-state index in [9.17, 15) is 9.18 Å². The summed E-state index contributed by atoms with van der Waals surface area (Å²) in [6.45, 7) is 6.33. The Bertz CT molecular complexity index is 836. The maximum Gasteiger partial charge on any atom is 0.164 e. The Morgan fingerprint density at radius 1 is 0.903 bits per heavy atom. The third-order valence-electron chi connectivity index (χ3n) is 5.54. The number of rotatable bonds is 11. The smallest absolute Gasteiger partial charge is 0.164 e. The maximum absolute atomic E-state index is 13.0. The highest BCUT2D eigenvalue weighted by molar-refractivity contribution is 5.95. The summed E-state index contributed by atoms with van der Waals surface area (Å²) in [5.74, 6) is 1.87. The molecule has 0 atom stereocenters. The lowest BCUT2D eigenvalue weighted by Crippen LogP contribution is -2.47. The number of Topliss-reactive ketones (excluding diaryl/α,β-unsaturated/α-hetero) is 1. The van der Waals surface area contributed by atoms with E-state index in [0.717, 1.165) is 51.4 Å². The summed E-state index contributed by atoms with van der Waals surface area (Å²) in [4.78, 5) is 17.0. The minimum absolute atomic E-state index is 0.0750. The van der Waals surface area contributed by atoms with Crippen LogP contribution >= 0.6 is 0 Å². The molecule has 0 saturated carbocycles. The third kappa shape index (κ3) is 6.94. The molecule has 0 aliphatic carbocycles. The third-order valence-corrected chi connectivity index (χ3v) is 5.54. The number of hydrogen-bond acceptors (Lipinski definition) is 6. The Hall–Kier alpha value is -2.64. The van der Waals surface area contributed by atoms with Crippen LogP contribution in [0.2, 0.25) is 0 Å². The number of carbonyl (C=O) groups is 1. The zero-order valence-electron chi connectivity index (χ0n) is 18.3. The first-order valence-electron chi connectivity index (χ1n) is 10.7. The van der Waals surface area contributed by atoms with E-state index in [0.29, 0.717) is 30.1 Å². The lowest BCUT2D eigenvalue weighted by molar-refractivity contribution is 0.0953. The molecule has 2 aromatic rings. The first-order valence-corrected chi connectivity index (χ1v) is 10.7. The molecule has 0 aromatic heterocycles. The number of benzene rings is 2. The minimum atomic E-state index is -0.316. The lowest BCUT2D eigenvalue weighted by Gasteiger charge is -2.34. The van der Waals surface area contributed by atoms with E-state index in [1.807, 2.05) is 18.2 Å². The number of ketones is 1. The van der Waals surface area contributed by atoms with Crippen LogP contribution in [0.4, 0.5) is 4.39 Å². The molecule has 1 fully saturated rings. The zero-order valence-corrected chi connectivity index (χ0v) is 18.3. The summed E-state index contributed by atoms with van der Waals surface area (Å²) in [5, 5.41) is 0. The number of hydrogen-bond donors (Lipinski definition) is 0. The molecule has 0 amide bonds. The fraction of sp³-hybridized carbons (Fsp3) is 0.458. The van der Waals surface area contributed by atoms with Crippen LogP contribution in [-0.2, 0) is 0 Å². The normalized spacial score (nSPS) is 14.9. The van der Waals surface area contributed by atoms with Crippen LogP contribution < -0.4 is 14.2 Å². The van der Waals surface area contributed by atoms with Gasteiger partial charge in [0.25, 0.3) is 0 Å². The summed E-state index contributed by atoms with van der Waals surface area (Å²) in [6.07, 6.45) is 1.31.